The van der Waals surface area contributed by atoms with Crippen molar-refractivity contribution in [2.24, 2.45) is 0 Å². The molecule has 116 valence electrons. The number of carboxylic acids is 1. The number of rotatable bonds is 3. The van der Waals surface area contributed by atoms with E-state index in [2.05, 4.69) is 4.98 Å². The van der Waals surface area contributed by atoms with E-state index in [0.717, 1.165) is 12.8 Å². The Morgan fingerprint density at radius 3 is 2.95 bits per heavy atom. The van der Waals surface area contributed by atoms with E-state index in [1.54, 1.807) is 23.1 Å². The zero-order valence-corrected chi connectivity index (χ0v) is 12.1. The van der Waals surface area contributed by atoms with Gasteiger partial charge in [0.2, 0.25) is 0 Å². The molecule has 1 atom stereocenters. The number of nitrogens with zero attached hydrogens (tertiary/aromatic N) is 2. The van der Waals surface area contributed by atoms with Crippen LogP contribution in [0.3, 0.4) is 0 Å². The molecule has 0 amide bonds. The molecule has 0 aliphatic carbocycles. The highest BCUT2D eigenvalue weighted by Gasteiger charge is 2.32. The molecule has 7 nitrogen and oxygen atoms in total. The molecule has 0 unspecified atom stereocenters. The van der Waals surface area contributed by atoms with E-state index in [1.165, 1.54) is 7.11 Å². The van der Waals surface area contributed by atoms with Gasteiger partial charge >= 0.3 is 11.9 Å². The second-order valence-electron chi connectivity index (χ2n) is 5.19. The van der Waals surface area contributed by atoms with Crippen molar-refractivity contribution in [2.45, 2.75) is 25.3 Å². The summed E-state index contributed by atoms with van der Waals surface area (Å²) in [7, 11) is 1.30. The Morgan fingerprint density at radius 2 is 2.23 bits per heavy atom. The summed E-state index contributed by atoms with van der Waals surface area (Å²) in [4.78, 5) is 29.1. The molecular formula is C15H16N2O5. The number of benzene rings is 1. The summed E-state index contributed by atoms with van der Waals surface area (Å²) in [6.07, 6.45) is 2.30. The molecule has 3 rings (SSSR count). The Morgan fingerprint density at radius 1 is 1.41 bits per heavy atom. The van der Waals surface area contributed by atoms with Crippen molar-refractivity contribution >= 4 is 29.1 Å². The first-order valence-corrected chi connectivity index (χ1v) is 7.09. The molecule has 1 saturated heterocycles. The standard InChI is InChI=1S/C15H16N2O5/c1-21-14(20)9-5-4-6-10-12(9)22-15(16-10)17-8-3-2-7-11(17)13(18)19/h4-6,11H,2-3,7-8H2,1H3,(H,18,19)/t11-/m0/s1. The number of ether oxygens (including phenoxy) is 1. The molecule has 0 spiro atoms. The third kappa shape index (κ3) is 2.38. The van der Waals surface area contributed by atoms with Crippen LogP contribution in [0.2, 0.25) is 0 Å². The van der Waals surface area contributed by atoms with Gasteiger partial charge in [-0.25, -0.2) is 9.59 Å². The lowest BCUT2D eigenvalue weighted by molar-refractivity contribution is -0.139. The van der Waals surface area contributed by atoms with Gasteiger partial charge in [0.1, 0.15) is 17.1 Å². The van der Waals surface area contributed by atoms with Crippen LogP contribution in [0.4, 0.5) is 6.01 Å². The number of aromatic nitrogens is 1. The quantitative estimate of drug-likeness (QED) is 0.867. The summed E-state index contributed by atoms with van der Waals surface area (Å²) < 4.78 is 10.4. The lowest BCUT2D eigenvalue weighted by atomic mass is 10.0. The Bertz CT molecular complexity index is 724. The van der Waals surface area contributed by atoms with Gasteiger partial charge in [-0.2, -0.15) is 4.98 Å². The number of carboxylic acid groups (broad SMARTS) is 1. The van der Waals surface area contributed by atoms with Gasteiger partial charge in [0, 0.05) is 6.54 Å². The van der Waals surface area contributed by atoms with Crippen LogP contribution in [0.5, 0.6) is 0 Å². The van der Waals surface area contributed by atoms with Gasteiger partial charge in [0.15, 0.2) is 5.58 Å². The molecule has 0 radical (unpaired) electrons. The van der Waals surface area contributed by atoms with Crippen LogP contribution in [0.25, 0.3) is 11.1 Å². The van der Waals surface area contributed by atoms with Crippen LogP contribution in [0.15, 0.2) is 22.6 Å². The van der Waals surface area contributed by atoms with Crippen molar-refractivity contribution < 1.29 is 23.8 Å². The highest BCUT2D eigenvalue weighted by molar-refractivity contribution is 6.01. The minimum absolute atomic E-state index is 0.235. The van der Waals surface area contributed by atoms with E-state index < -0.39 is 18.0 Å². The molecule has 1 aliphatic heterocycles. The number of carbonyl (C=O) groups excluding carboxylic acids is 1. The zero-order chi connectivity index (χ0) is 15.7. The second kappa shape index (κ2) is 5.67. The Labute approximate surface area is 126 Å². The first-order chi connectivity index (χ1) is 10.6. The second-order valence-corrected chi connectivity index (χ2v) is 5.19. The number of anilines is 1. The molecule has 22 heavy (non-hydrogen) atoms. The van der Waals surface area contributed by atoms with Crippen LogP contribution in [0.1, 0.15) is 29.6 Å². The number of esters is 1. The lowest BCUT2D eigenvalue weighted by Gasteiger charge is -2.31. The maximum absolute atomic E-state index is 11.8. The van der Waals surface area contributed by atoms with Gasteiger partial charge in [0.05, 0.1) is 7.11 Å². The van der Waals surface area contributed by atoms with Gasteiger partial charge in [-0.3, -0.25) is 0 Å². The van der Waals surface area contributed by atoms with Gasteiger partial charge in [-0.1, -0.05) is 6.07 Å². The predicted molar refractivity (Wildman–Crippen MR) is 78.0 cm³/mol. The first-order valence-electron chi connectivity index (χ1n) is 7.09. The number of oxazole rings is 1. The fourth-order valence-corrected chi connectivity index (χ4v) is 2.75. The smallest absolute Gasteiger partial charge is 0.341 e. The van der Waals surface area contributed by atoms with Gasteiger partial charge in [0.25, 0.3) is 6.01 Å². The Balaban J connectivity index is 2.04. The molecule has 0 saturated carbocycles. The van der Waals surface area contributed by atoms with Crippen molar-refractivity contribution in [3.63, 3.8) is 0 Å². The monoisotopic (exact) mass is 304 g/mol. The highest BCUT2D eigenvalue weighted by atomic mass is 16.5. The third-order valence-electron chi connectivity index (χ3n) is 3.84. The number of methoxy groups -OCH3 is 1. The Kier molecular flexibility index (Phi) is 3.70. The minimum atomic E-state index is -0.893. The van der Waals surface area contributed by atoms with Crippen LogP contribution < -0.4 is 4.90 Å². The summed E-state index contributed by atoms with van der Waals surface area (Å²) in [5.41, 5.74) is 1.11. The molecule has 1 aromatic carbocycles. The van der Waals surface area contributed by atoms with E-state index in [9.17, 15) is 14.7 Å². The minimum Gasteiger partial charge on any atom is -0.480 e. The van der Waals surface area contributed by atoms with Crippen LogP contribution in [0, 0.1) is 0 Å². The van der Waals surface area contributed by atoms with Gasteiger partial charge < -0.3 is 19.2 Å². The predicted octanol–water partition coefficient (Wildman–Crippen LogP) is 2.06. The van der Waals surface area contributed by atoms with Crippen molar-refractivity contribution in [3.8, 4) is 0 Å². The van der Waals surface area contributed by atoms with Crippen molar-refractivity contribution in [1.82, 2.24) is 4.98 Å². The molecule has 0 bridgehead atoms. The van der Waals surface area contributed by atoms with Crippen LogP contribution in [-0.2, 0) is 9.53 Å². The molecule has 2 aromatic rings. The summed E-state index contributed by atoms with van der Waals surface area (Å²) in [5, 5.41) is 9.34. The molecule has 1 fully saturated rings. The molecule has 1 aromatic heterocycles. The topological polar surface area (TPSA) is 92.9 Å². The average molecular weight is 304 g/mol. The number of aliphatic carboxylic acids is 1. The maximum atomic E-state index is 11.8. The number of carbonyl (C=O) groups is 2. The third-order valence-corrected chi connectivity index (χ3v) is 3.84. The van der Waals surface area contributed by atoms with E-state index in [-0.39, 0.29) is 11.6 Å². The zero-order valence-electron chi connectivity index (χ0n) is 12.1. The van der Waals surface area contributed by atoms with Crippen molar-refractivity contribution in [2.75, 3.05) is 18.6 Å². The summed E-state index contributed by atoms with van der Waals surface area (Å²) in [6, 6.07) is 4.58. The van der Waals surface area contributed by atoms with Gasteiger partial charge in [-0.05, 0) is 31.4 Å². The molecule has 1 N–H and O–H groups in total. The molecule has 7 heteroatoms. The number of para-hydroxylation sites is 1. The summed E-state index contributed by atoms with van der Waals surface area (Å²) in [6.45, 7) is 0.567. The Hall–Kier alpha value is -2.57. The number of piperidine rings is 1. The average Bonchev–Trinajstić information content (AvgIpc) is 2.97. The van der Waals surface area contributed by atoms with E-state index in [0.29, 0.717) is 24.1 Å². The summed E-state index contributed by atoms with van der Waals surface area (Å²) >= 11 is 0. The largest absolute Gasteiger partial charge is 0.480 e. The molecular weight excluding hydrogens is 288 g/mol. The van der Waals surface area contributed by atoms with E-state index >= 15 is 0 Å². The lowest BCUT2D eigenvalue weighted by Crippen LogP contribution is -2.44. The summed E-state index contributed by atoms with van der Waals surface area (Å²) in [5.74, 6) is -1.41. The number of hydrogen-bond donors (Lipinski definition) is 1. The van der Waals surface area contributed by atoms with Crippen molar-refractivity contribution in [3.05, 3.63) is 23.8 Å². The maximum Gasteiger partial charge on any atom is 0.341 e. The van der Waals surface area contributed by atoms with Crippen LogP contribution in [-0.4, -0.2) is 41.7 Å². The van der Waals surface area contributed by atoms with Crippen LogP contribution >= 0.6 is 0 Å². The fourth-order valence-electron chi connectivity index (χ4n) is 2.75. The van der Waals surface area contributed by atoms with Crippen molar-refractivity contribution in [1.29, 1.82) is 0 Å². The fraction of sp³-hybridized carbons (Fsp3) is 0.400. The van der Waals surface area contributed by atoms with E-state index in [1.807, 2.05) is 0 Å². The number of hydrogen-bond acceptors (Lipinski definition) is 6. The number of fused-ring (bicyclic) bond motifs is 1. The van der Waals surface area contributed by atoms with Gasteiger partial charge in [-0.15, -0.1) is 0 Å². The molecule has 2 heterocycles. The highest BCUT2D eigenvalue weighted by Crippen LogP contribution is 2.29. The SMILES string of the molecule is COC(=O)c1cccc2nc(N3CCCC[C@H]3C(=O)O)oc12. The molecule has 1 aliphatic rings. The van der Waals surface area contributed by atoms with E-state index in [4.69, 9.17) is 9.15 Å². The normalized spacial score (nSPS) is 18.4. The first kappa shape index (κ1) is 14.4.